The van der Waals surface area contributed by atoms with Gasteiger partial charge in [-0.2, -0.15) is 9.97 Å². The van der Waals surface area contributed by atoms with Gasteiger partial charge in [-0.3, -0.25) is 14.3 Å². The maximum atomic E-state index is 13.6. The number of aromatic nitrogens is 5. The van der Waals surface area contributed by atoms with Crippen LogP contribution in [0, 0.1) is 6.92 Å². The van der Waals surface area contributed by atoms with Crippen LogP contribution in [0.25, 0.3) is 33.5 Å². The molecule has 5 aromatic rings. The van der Waals surface area contributed by atoms with E-state index in [1.807, 2.05) is 25.1 Å². The van der Waals surface area contributed by atoms with Crippen LogP contribution >= 0.6 is 11.6 Å². The number of hydrogen-bond donors (Lipinski definition) is 1. The Morgan fingerprint density at radius 3 is 2.40 bits per heavy atom. The summed E-state index contributed by atoms with van der Waals surface area (Å²) in [4.78, 5) is 32.1. The SMILES string of the molecule is CCn1c(=O)c(-c2ccc(-c3noc(C)n3)cc2Cl)cc2cnc(Nc3ccc(N4CCN(C(C)C)CC4)cc3)nc21. The van der Waals surface area contributed by atoms with Crippen molar-refractivity contribution in [1.82, 2.24) is 29.6 Å². The quantitative estimate of drug-likeness (QED) is 0.255. The minimum atomic E-state index is -0.179. The van der Waals surface area contributed by atoms with Crippen LogP contribution in [-0.4, -0.2) is 61.8 Å². The second-order valence-electron chi connectivity index (χ2n) is 10.7. The number of hydrogen-bond acceptors (Lipinski definition) is 9. The van der Waals surface area contributed by atoms with E-state index in [2.05, 4.69) is 56.2 Å². The van der Waals surface area contributed by atoms with Crippen molar-refractivity contribution in [2.45, 2.75) is 40.3 Å². The Morgan fingerprint density at radius 2 is 1.76 bits per heavy atom. The lowest BCUT2D eigenvalue weighted by molar-refractivity contribution is 0.209. The third-order valence-electron chi connectivity index (χ3n) is 7.72. The van der Waals surface area contributed by atoms with Crippen molar-refractivity contribution in [3.63, 3.8) is 0 Å². The minimum absolute atomic E-state index is 0.179. The van der Waals surface area contributed by atoms with Crippen LogP contribution in [0.5, 0.6) is 0 Å². The first-order valence-electron chi connectivity index (χ1n) is 14.2. The van der Waals surface area contributed by atoms with Gasteiger partial charge in [-0.1, -0.05) is 28.9 Å². The molecule has 6 rings (SSSR count). The molecule has 0 spiro atoms. The molecule has 216 valence electrons. The first kappa shape index (κ1) is 27.9. The Morgan fingerprint density at radius 1 is 1.00 bits per heavy atom. The summed E-state index contributed by atoms with van der Waals surface area (Å²) >= 11 is 6.65. The van der Waals surface area contributed by atoms with Crippen molar-refractivity contribution in [2.24, 2.45) is 0 Å². The Hall–Kier alpha value is -4.28. The number of aryl methyl sites for hydroxylation is 2. The number of fused-ring (bicyclic) bond motifs is 1. The second kappa shape index (κ2) is 11.5. The van der Waals surface area contributed by atoms with E-state index >= 15 is 0 Å². The van der Waals surface area contributed by atoms with E-state index in [-0.39, 0.29) is 5.56 Å². The average molecular weight is 585 g/mol. The van der Waals surface area contributed by atoms with Gasteiger partial charge in [0, 0.05) is 90.4 Å². The summed E-state index contributed by atoms with van der Waals surface area (Å²) in [6.07, 6.45) is 1.73. The van der Waals surface area contributed by atoms with Crippen molar-refractivity contribution < 1.29 is 4.52 Å². The first-order chi connectivity index (χ1) is 20.3. The van der Waals surface area contributed by atoms with Gasteiger partial charge in [0.2, 0.25) is 17.7 Å². The maximum Gasteiger partial charge on any atom is 0.260 e. The Kier molecular flexibility index (Phi) is 7.66. The zero-order chi connectivity index (χ0) is 29.4. The van der Waals surface area contributed by atoms with E-state index in [4.69, 9.17) is 21.1 Å². The molecule has 42 heavy (non-hydrogen) atoms. The predicted octanol–water partition coefficient (Wildman–Crippen LogP) is 5.76. The standard InChI is InChI=1S/C31H33ClN8O2/c1-5-40-29-22(16-26(30(40)41)25-11-6-21(17-27(25)32)28-34-20(4)42-37-28)18-33-31(36-29)35-23-7-9-24(10-8-23)39-14-12-38(13-15-39)19(2)3/h6-11,16-19H,5,12-15H2,1-4H3,(H,33,35,36). The van der Waals surface area contributed by atoms with Gasteiger partial charge in [-0.25, -0.2) is 4.98 Å². The van der Waals surface area contributed by atoms with E-state index in [0.29, 0.717) is 57.6 Å². The zero-order valence-electron chi connectivity index (χ0n) is 24.1. The molecular weight excluding hydrogens is 552 g/mol. The molecule has 1 fully saturated rings. The van der Waals surface area contributed by atoms with E-state index < -0.39 is 0 Å². The Balaban J connectivity index is 1.24. The highest BCUT2D eigenvalue weighted by atomic mass is 35.5. The summed E-state index contributed by atoms with van der Waals surface area (Å²) in [5.74, 6) is 1.33. The van der Waals surface area contributed by atoms with Crippen molar-refractivity contribution in [3.05, 3.63) is 76.0 Å². The molecule has 2 aromatic carbocycles. The molecule has 11 heteroatoms. The largest absolute Gasteiger partial charge is 0.369 e. The Labute approximate surface area is 249 Å². The maximum absolute atomic E-state index is 13.6. The number of benzene rings is 2. The highest BCUT2D eigenvalue weighted by Crippen LogP contribution is 2.31. The van der Waals surface area contributed by atoms with E-state index in [0.717, 1.165) is 37.3 Å². The summed E-state index contributed by atoms with van der Waals surface area (Å²) in [6, 6.07) is 16.1. The first-order valence-corrected chi connectivity index (χ1v) is 14.6. The smallest absolute Gasteiger partial charge is 0.260 e. The van der Waals surface area contributed by atoms with Crippen molar-refractivity contribution in [2.75, 3.05) is 36.4 Å². The Bertz CT molecular complexity index is 1790. The molecule has 0 saturated carbocycles. The average Bonchev–Trinajstić information content (AvgIpc) is 3.44. The number of piperazine rings is 1. The van der Waals surface area contributed by atoms with E-state index in [1.54, 1.807) is 35.9 Å². The van der Waals surface area contributed by atoms with Crippen LogP contribution < -0.4 is 15.8 Å². The zero-order valence-corrected chi connectivity index (χ0v) is 24.9. The summed E-state index contributed by atoms with van der Waals surface area (Å²) < 4.78 is 6.72. The number of rotatable bonds is 7. The van der Waals surface area contributed by atoms with Gasteiger partial charge in [-0.05, 0) is 57.2 Å². The number of halogens is 1. The minimum Gasteiger partial charge on any atom is -0.369 e. The van der Waals surface area contributed by atoms with Crippen LogP contribution in [0.3, 0.4) is 0 Å². The third-order valence-corrected chi connectivity index (χ3v) is 8.03. The van der Waals surface area contributed by atoms with Crippen molar-refractivity contribution in [3.8, 4) is 22.5 Å². The molecule has 0 amide bonds. The fraction of sp³-hybridized carbons (Fsp3) is 0.323. The van der Waals surface area contributed by atoms with Crippen LogP contribution in [0.15, 0.2) is 64.0 Å². The molecule has 0 unspecified atom stereocenters. The second-order valence-corrected chi connectivity index (χ2v) is 11.1. The van der Waals surface area contributed by atoms with Crippen LogP contribution in [0.1, 0.15) is 26.7 Å². The molecular formula is C31H33ClN8O2. The van der Waals surface area contributed by atoms with Gasteiger partial charge in [0.15, 0.2) is 0 Å². The summed E-state index contributed by atoms with van der Waals surface area (Å²) in [6.45, 7) is 12.8. The molecule has 1 saturated heterocycles. The highest BCUT2D eigenvalue weighted by Gasteiger charge is 2.19. The highest BCUT2D eigenvalue weighted by molar-refractivity contribution is 6.33. The third kappa shape index (κ3) is 5.47. The van der Waals surface area contributed by atoms with E-state index in [9.17, 15) is 4.79 Å². The monoisotopic (exact) mass is 584 g/mol. The van der Waals surface area contributed by atoms with Crippen LogP contribution in [0.2, 0.25) is 5.02 Å². The van der Waals surface area contributed by atoms with Gasteiger partial charge in [0.1, 0.15) is 5.65 Å². The molecule has 0 aliphatic carbocycles. The normalized spacial score (nSPS) is 14.2. The van der Waals surface area contributed by atoms with Crippen molar-refractivity contribution in [1.29, 1.82) is 0 Å². The lowest BCUT2D eigenvalue weighted by Gasteiger charge is -2.38. The van der Waals surface area contributed by atoms with Gasteiger partial charge in [0.05, 0.1) is 0 Å². The lowest BCUT2D eigenvalue weighted by Crippen LogP contribution is -2.48. The van der Waals surface area contributed by atoms with Gasteiger partial charge >= 0.3 is 0 Å². The topological polar surface area (TPSA) is 105 Å². The van der Waals surface area contributed by atoms with Gasteiger partial charge < -0.3 is 14.7 Å². The predicted molar refractivity (Wildman–Crippen MR) is 167 cm³/mol. The fourth-order valence-corrected chi connectivity index (χ4v) is 5.66. The molecule has 3 aromatic heterocycles. The summed E-state index contributed by atoms with van der Waals surface area (Å²) in [5.41, 5.74) is 4.25. The molecule has 10 nitrogen and oxygen atoms in total. The number of nitrogens with zero attached hydrogens (tertiary/aromatic N) is 7. The fourth-order valence-electron chi connectivity index (χ4n) is 5.38. The lowest BCUT2D eigenvalue weighted by atomic mass is 10.0. The molecule has 0 bridgehead atoms. The number of anilines is 3. The number of nitrogens with one attached hydrogen (secondary N) is 1. The van der Waals surface area contributed by atoms with E-state index in [1.165, 1.54) is 5.69 Å². The molecule has 4 heterocycles. The summed E-state index contributed by atoms with van der Waals surface area (Å²) in [5, 5.41) is 8.40. The van der Waals surface area contributed by atoms with Crippen LogP contribution in [-0.2, 0) is 6.54 Å². The van der Waals surface area contributed by atoms with Crippen molar-refractivity contribution >= 4 is 40.0 Å². The molecule has 0 radical (unpaired) electrons. The van der Waals surface area contributed by atoms with Crippen LogP contribution in [0.4, 0.5) is 17.3 Å². The summed E-state index contributed by atoms with van der Waals surface area (Å²) in [7, 11) is 0. The molecule has 1 aliphatic rings. The van der Waals surface area contributed by atoms with Gasteiger partial charge in [0.25, 0.3) is 5.56 Å². The number of pyridine rings is 1. The molecule has 1 aliphatic heterocycles. The molecule has 0 atom stereocenters. The molecule has 1 N–H and O–H groups in total. The van der Waals surface area contributed by atoms with Gasteiger partial charge in [-0.15, -0.1) is 0 Å².